The van der Waals surface area contributed by atoms with E-state index in [4.69, 9.17) is 4.74 Å². The van der Waals surface area contributed by atoms with Gasteiger partial charge in [0.25, 0.3) is 0 Å². The molecule has 1 saturated heterocycles. The topological polar surface area (TPSA) is 63.7 Å². The molecule has 0 bridgehead atoms. The largest absolute Gasteiger partial charge is 0.461 e. The number of carbonyl (C=O) groups is 3. The summed E-state index contributed by atoms with van der Waals surface area (Å²) in [4.78, 5) is 38.2. The summed E-state index contributed by atoms with van der Waals surface area (Å²) in [5.41, 5.74) is 0.883. The van der Waals surface area contributed by atoms with Crippen LogP contribution in [0.3, 0.4) is 0 Å². The molecule has 2 aliphatic rings. The monoisotopic (exact) mass is 329 g/mol. The smallest absolute Gasteiger partial charge is 0.310 e. The second kappa shape index (κ2) is 7.16. The maximum Gasteiger partial charge on any atom is 0.310 e. The zero-order valence-electron chi connectivity index (χ0n) is 13.9. The Morgan fingerprint density at radius 2 is 1.71 bits per heavy atom. The molecule has 1 aromatic rings. The van der Waals surface area contributed by atoms with Gasteiger partial charge < -0.3 is 4.74 Å². The van der Waals surface area contributed by atoms with Crippen molar-refractivity contribution in [1.29, 1.82) is 0 Å². The highest BCUT2D eigenvalue weighted by atomic mass is 16.5. The number of amides is 2. The normalized spacial score (nSPS) is 24.6. The van der Waals surface area contributed by atoms with Gasteiger partial charge in [-0.1, -0.05) is 43.2 Å². The van der Waals surface area contributed by atoms with Gasteiger partial charge in [-0.25, -0.2) is 0 Å². The SMILES string of the molecule is CC(CN1C(=O)C2CCCCC2C1=O)OC(=O)Cc1ccccc1. The van der Waals surface area contributed by atoms with Gasteiger partial charge in [0, 0.05) is 0 Å². The molecule has 5 nitrogen and oxygen atoms in total. The molecular weight excluding hydrogens is 306 g/mol. The summed E-state index contributed by atoms with van der Waals surface area (Å²) in [6.45, 7) is 1.89. The Morgan fingerprint density at radius 3 is 2.29 bits per heavy atom. The molecule has 0 spiro atoms. The van der Waals surface area contributed by atoms with Gasteiger partial charge in [0.1, 0.15) is 6.10 Å². The van der Waals surface area contributed by atoms with Crippen LogP contribution in [0.25, 0.3) is 0 Å². The number of ether oxygens (including phenoxy) is 1. The summed E-state index contributed by atoms with van der Waals surface area (Å²) in [5.74, 6) is -0.825. The highest BCUT2D eigenvalue weighted by Gasteiger charge is 2.48. The molecule has 0 N–H and O–H groups in total. The lowest BCUT2D eigenvalue weighted by Gasteiger charge is -2.20. The molecule has 0 aromatic heterocycles. The number of likely N-dealkylation sites (tertiary alicyclic amines) is 1. The molecule has 3 unspecified atom stereocenters. The van der Waals surface area contributed by atoms with Crippen LogP contribution in [0.15, 0.2) is 30.3 Å². The molecular formula is C19H23NO4. The van der Waals surface area contributed by atoms with Crippen LogP contribution < -0.4 is 0 Å². The number of hydrogen-bond donors (Lipinski definition) is 0. The molecule has 1 aromatic carbocycles. The van der Waals surface area contributed by atoms with Crippen molar-refractivity contribution in [2.24, 2.45) is 11.8 Å². The van der Waals surface area contributed by atoms with E-state index in [-0.39, 0.29) is 42.6 Å². The summed E-state index contributed by atoms with van der Waals surface area (Å²) in [6.07, 6.45) is 3.32. The Kier molecular flexibility index (Phi) is 4.97. The minimum absolute atomic E-state index is 0.0874. The lowest BCUT2D eigenvalue weighted by atomic mass is 9.81. The lowest BCUT2D eigenvalue weighted by Crippen LogP contribution is -2.38. The number of esters is 1. The average molecular weight is 329 g/mol. The van der Waals surface area contributed by atoms with Crippen LogP contribution >= 0.6 is 0 Å². The molecule has 24 heavy (non-hydrogen) atoms. The number of imide groups is 1. The van der Waals surface area contributed by atoms with Crippen molar-refractivity contribution in [2.75, 3.05) is 6.54 Å². The van der Waals surface area contributed by atoms with E-state index in [0.717, 1.165) is 31.2 Å². The first-order chi connectivity index (χ1) is 11.6. The Bertz CT molecular complexity index is 604. The highest BCUT2D eigenvalue weighted by Crippen LogP contribution is 2.38. The molecule has 128 valence electrons. The molecule has 3 rings (SSSR count). The van der Waals surface area contributed by atoms with E-state index in [0.29, 0.717) is 0 Å². The van der Waals surface area contributed by atoms with Crippen LogP contribution in [0, 0.1) is 11.8 Å². The van der Waals surface area contributed by atoms with Crippen molar-refractivity contribution in [3.05, 3.63) is 35.9 Å². The molecule has 0 radical (unpaired) electrons. The van der Waals surface area contributed by atoms with Gasteiger partial charge >= 0.3 is 5.97 Å². The number of fused-ring (bicyclic) bond motifs is 1. The number of benzene rings is 1. The van der Waals surface area contributed by atoms with E-state index >= 15 is 0 Å². The predicted molar refractivity (Wildman–Crippen MR) is 87.9 cm³/mol. The standard InChI is InChI=1S/C19H23NO4/c1-13(24-17(21)11-14-7-3-2-4-8-14)12-20-18(22)15-9-5-6-10-16(15)19(20)23/h2-4,7-8,13,15-16H,5-6,9-12H2,1H3. The predicted octanol–water partition coefficient (Wildman–Crippen LogP) is 2.34. The number of rotatable bonds is 5. The van der Waals surface area contributed by atoms with Crippen molar-refractivity contribution in [3.63, 3.8) is 0 Å². The Balaban J connectivity index is 1.54. The fourth-order valence-electron chi connectivity index (χ4n) is 3.73. The fourth-order valence-corrected chi connectivity index (χ4v) is 3.73. The van der Waals surface area contributed by atoms with E-state index in [1.807, 2.05) is 30.3 Å². The summed E-state index contributed by atoms with van der Waals surface area (Å²) in [7, 11) is 0. The third-order valence-electron chi connectivity index (χ3n) is 4.90. The van der Waals surface area contributed by atoms with Crippen molar-refractivity contribution < 1.29 is 19.1 Å². The molecule has 1 saturated carbocycles. The quantitative estimate of drug-likeness (QED) is 0.614. The molecule has 1 aliphatic carbocycles. The summed E-state index contributed by atoms with van der Waals surface area (Å²) < 4.78 is 5.38. The average Bonchev–Trinajstić information content (AvgIpc) is 2.81. The molecule has 2 amide bonds. The summed E-state index contributed by atoms with van der Waals surface area (Å²) in [5, 5.41) is 0. The van der Waals surface area contributed by atoms with Crippen LogP contribution in [0.1, 0.15) is 38.2 Å². The summed E-state index contributed by atoms with van der Waals surface area (Å²) in [6, 6.07) is 9.36. The maximum absolute atomic E-state index is 12.4. The van der Waals surface area contributed by atoms with Crippen LogP contribution in [0.5, 0.6) is 0 Å². The van der Waals surface area contributed by atoms with Gasteiger partial charge in [-0.3, -0.25) is 19.3 Å². The first-order valence-corrected chi connectivity index (χ1v) is 8.65. The van der Waals surface area contributed by atoms with Gasteiger partial charge in [-0.15, -0.1) is 0 Å². The van der Waals surface area contributed by atoms with Gasteiger partial charge in [0.05, 0.1) is 24.8 Å². The van der Waals surface area contributed by atoms with E-state index in [2.05, 4.69) is 0 Å². The third-order valence-corrected chi connectivity index (χ3v) is 4.90. The number of nitrogens with zero attached hydrogens (tertiary/aromatic N) is 1. The lowest BCUT2D eigenvalue weighted by molar-refractivity contribution is -0.152. The minimum Gasteiger partial charge on any atom is -0.461 e. The molecule has 1 heterocycles. The molecule has 1 aliphatic heterocycles. The van der Waals surface area contributed by atoms with Crippen LogP contribution in [-0.2, 0) is 25.5 Å². The zero-order valence-corrected chi connectivity index (χ0v) is 13.9. The molecule has 5 heteroatoms. The van der Waals surface area contributed by atoms with E-state index < -0.39 is 6.10 Å². The Morgan fingerprint density at radius 1 is 1.12 bits per heavy atom. The molecule has 2 fully saturated rings. The van der Waals surface area contributed by atoms with Crippen LogP contribution in [0.4, 0.5) is 0 Å². The fraction of sp³-hybridized carbons (Fsp3) is 0.526. The summed E-state index contributed by atoms with van der Waals surface area (Å²) >= 11 is 0. The van der Waals surface area contributed by atoms with E-state index in [9.17, 15) is 14.4 Å². The Hall–Kier alpha value is -2.17. The first kappa shape index (κ1) is 16.7. The number of carbonyl (C=O) groups excluding carboxylic acids is 3. The minimum atomic E-state index is -0.491. The van der Waals surface area contributed by atoms with Crippen LogP contribution in [-0.4, -0.2) is 35.3 Å². The van der Waals surface area contributed by atoms with Gasteiger partial charge in [-0.2, -0.15) is 0 Å². The number of hydrogen-bond acceptors (Lipinski definition) is 4. The van der Waals surface area contributed by atoms with E-state index in [1.165, 1.54) is 4.90 Å². The Labute approximate surface area is 142 Å². The van der Waals surface area contributed by atoms with Crippen molar-refractivity contribution in [1.82, 2.24) is 4.90 Å². The van der Waals surface area contributed by atoms with Crippen molar-refractivity contribution in [2.45, 2.75) is 45.1 Å². The highest BCUT2D eigenvalue weighted by molar-refractivity contribution is 6.05. The molecule has 3 atom stereocenters. The van der Waals surface area contributed by atoms with Crippen molar-refractivity contribution in [3.8, 4) is 0 Å². The van der Waals surface area contributed by atoms with Crippen molar-refractivity contribution >= 4 is 17.8 Å². The van der Waals surface area contributed by atoms with E-state index in [1.54, 1.807) is 6.92 Å². The first-order valence-electron chi connectivity index (χ1n) is 8.65. The van der Waals surface area contributed by atoms with Gasteiger partial charge in [0.2, 0.25) is 11.8 Å². The second-order valence-electron chi connectivity index (χ2n) is 6.75. The van der Waals surface area contributed by atoms with Gasteiger partial charge in [-0.05, 0) is 25.3 Å². The second-order valence-corrected chi connectivity index (χ2v) is 6.75. The maximum atomic E-state index is 12.4. The zero-order chi connectivity index (χ0) is 17.1. The third kappa shape index (κ3) is 3.50. The van der Waals surface area contributed by atoms with Crippen LogP contribution in [0.2, 0.25) is 0 Å². The van der Waals surface area contributed by atoms with Gasteiger partial charge in [0.15, 0.2) is 0 Å².